The first-order valence-corrected chi connectivity index (χ1v) is 5.54. The van der Waals surface area contributed by atoms with Gasteiger partial charge in [-0.3, -0.25) is 0 Å². The van der Waals surface area contributed by atoms with E-state index >= 15 is 0 Å². The summed E-state index contributed by atoms with van der Waals surface area (Å²) in [4.78, 5) is 14.2. The van der Waals surface area contributed by atoms with Crippen LogP contribution in [0.5, 0.6) is 0 Å². The molecule has 0 fully saturated rings. The van der Waals surface area contributed by atoms with Gasteiger partial charge in [-0.25, -0.2) is 9.55 Å². The second-order valence-electron chi connectivity index (χ2n) is 3.22. The maximum absolute atomic E-state index is 10.7. The molecular formula is C9H14N4O3S. The van der Waals surface area contributed by atoms with Gasteiger partial charge in [0.25, 0.3) is 5.17 Å². The molecule has 0 saturated carbocycles. The minimum Gasteiger partial charge on any atom is -0.471 e. The van der Waals surface area contributed by atoms with E-state index in [0.717, 1.165) is 0 Å². The van der Waals surface area contributed by atoms with Gasteiger partial charge in [0.2, 0.25) is 0 Å². The van der Waals surface area contributed by atoms with E-state index in [4.69, 9.17) is 17.0 Å². The Morgan fingerprint density at radius 1 is 1.76 bits per heavy atom. The van der Waals surface area contributed by atoms with E-state index in [1.165, 1.54) is 10.8 Å². The number of nitro groups is 1. The molecule has 8 heteroatoms. The highest BCUT2D eigenvalue weighted by atomic mass is 32.1. The summed E-state index contributed by atoms with van der Waals surface area (Å²) in [6.07, 6.45) is 1.25. The van der Waals surface area contributed by atoms with Gasteiger partial charge in [0.05, 0.1) is 13.2 Å². The number of rotatable bonds is 5. The number of ether oxygens (including phenoxy) is 1. The Kier molecular flexibility index (Phi) is 4.83. The van der Waals surface area contributed by atoms with Crippen molar-refractivity contribution in [2.24, 2.45) is 0 Å². The third-order valence-corrected chi connectivity index (χ3v) is 2.36. The van der Waals surface area contributed by atoms with Gasteiger partial charge in [0.1, 0.15) is 12.7 Å². The van der Waals surface area contributed by atoms with Gasteiger partial charge >= 0.3 is 5.82 Å². The van der Waals surface area contributed by atoms with Crippen LogP contribution in [-0.2, 0) is 11.3 Å². The van der Waals surface area contributed by atoms with Crippen LogP contribution in [0.3, 0.4) is 0 Å². The van der Waals surface area contributed by atoms with E-state index in [1.54, 1.807) is 6.92 Å². The topological polar surface area (TPSA) is 82.2 Å². The van der Waals surface area contributed by atoms with Crippen molar-refractivity contribution in [1.29, 1.82) is 0 Å². The summed E-state index contributed by atoms with van der Waals surface area (Å²) in [5.74, 6) is 0.576. The zero-order chi connectivity index (χ0) is 12.8. The average molecular weight is 258 g/mol. The zero-order valence-corrected chi connectivity index (χ0v) is 10.5. The van der Waals surface area contributed by atoms with Crippen molar-refractivity contribution in [3.63, 3.8) is 0 Å². The molecule has 1 heterocycles. The summed E-state index contributed by atoms with van der Waals surface area (Å²) >= 11 is 4.87. The van der Waals surface area contributed by atoms with Gasteiger partial charge in [0, 0.05) is 6.92 Å². The minimum atomic E-state index is -0.457. The molecule has 0 unspecified atom stereocenters. The molecule has 0 radical (unpaired) electrons. The zero-order valence-electron chi connectivity index (χ0n) is 9.67. The van der Waals surface area contributed by atoms with E-state index in [2.05, 4.69) is 10.3 Å². The summed E-state index contributed by atoms with van der Waals surface area (Å²) in [5, 5.41) is 13.9. The molecule has 0 saturated heterocycles. The highest BCUT2D eigenvalue weighted by Gasteiger charge is 2.16. The second kappa shape index (κ2) is 6.14. The van der Waals surface area contributed by atoms with Crippen LogP contribution in [0, 0.1) is 17.0 Å². The Hall–Kier alpha value is -1.70. The lowest BCUT2D eigenvalue weighted by Gasteiger charge is -2.07. The maximum Gasteiger partial charge on any atom is 0.342 e. The molecule has 0 aliphatic carbocycles. The van der Waals surface area contributed by atoms with E-state index in [0.29, 0.717) is 30.7 Å². The lowest BCUT2D eigenvalue weighted by atomic mass is 10.5. The largest absolute Gasteiger partial charge is 0.471 e. The first-order chi connectivity index (χ1) is 8.06. The Bertz CT molecular complexity index is 418. The van der Waals surface area contributed by atoms with Crippen molar-refractivity contribution in [3.05, 3.63) is 22.1 Å². The van der Waals surface area contributed by atoms with E-state index < -0.39 is 4.92 Å². The highest BCUT2D eigenvalue weighted by Crippen LogP contribution is 2.12. The third kappa shape index (κ3) is 3.66. The Balaban J connectivity index is 2.54. The minimum absolute atomic E-state index is 0.0216. The number of aromatic nitrogens is 2. The van der Waals surface area contributed by atoms with Gasteiger partial charge in [-0.2, -0.15) is 0 Å². The Morgan fingerprint density at radius 3 is 3.06 bits per heavy atom. The number of nitrogens with zero attached hydrogens (tertiary/aromatic N) is 3. The van der Waals surface area contributed by atoms with Crippen LogP contribution in [0.4, 0.5) is 5.82 Å². The molecule has 0 aliphatic rings. The van der Waals surface area contributed by atoms with Crippen molar-refractivity contribution in [1.82, 2.24) is 14.9 Å². The van der Waals surface area contributed by atoms with Gasteiger partial charge in [0.15, 0.2) is 5.82 Å². The number of imidazole rings is 1. The van der Waals surface area contributed by atoms with Crippen LogP contribution in [0.2, 0.25) is 0 Å². The number of nitrogens with one attached hydrogen (secondary N) is 1. The standard InChI is InChI=1S/C9H14N4O3S/c1-3-16-9(17)10-4-5-12-7(2)11-6-8(12)13(14)15/h6H,3-5H2,1-2H3,(H,10,17). The molecule has 0 aliphatic heterocycles. The van der Waals surface area contributed by atoms with Crippen LogP contribution in [0.1, 0.15) is 12.7 Å². The monoisotopic (exact) mass is 258 g/mol. The average Bonchev–Trinajstić information content (AvgIpc) is 2.61. The van der Waals surface area contributed by atoms with Crippen LogP contribution >= 0.6 is 12.2 Å². The summed E-state index contributed by atoms with van der Waals surface area (Å²) in [6, 6.07) is 0. The van der Waals surface area contributed by atoms with Gasteiger partial charge in [-0.05, 0) is 24.1 Å². The molecule has 0 spiro atoms. The molecule has 7 nitrogen and oxygen atoms in total. The SMILES string of the molecule is CCOC(=S)NCCn1c([N+](=O)[O-])cnc1C. The summed E-state index contributed by atoms with van der Waals surface area (Å²) in [6.45, 7) is 4.91. The second-order valence-corrected chi connectivity index (χ2v) is 3.59. The molecule has 1 N–H and O–H groups in total. The lowest BCUT2D eigenvalue weighted by molar-refractivity contribution is -0.392. The van der Waals surface area contributed by atoms with Crippen molar-refractivity contribution in [2.75, 3.05) is 13.2 Å². The molecule has 17 heavy (non-hydrogen) atoms. The van der Waals surface area contributed by atoms with Crippen molar-refractivity contribution in [3.8, 4) is 0 Å². The van der Waals surface area contributed by atoms with E-state index in [-0.39, 0.29) is 5.82 Å². The van der Waals surface area contributed by atoms with Gasteiger partial charge in [-0.15, -0.1) is 0 Å². The number of thiocarbonyl (C=S) groups is 1. The predicted molar refractivity (Wildman–Crippen MR) is 65.8 cm³/mol. The van der Waals surface area contributed by atoms with Gasteiger partial charge < -0.3 is 20.2 Å². The van der Waals surface area contributed by atoms with Crippen LogP contribution in [0.25, 0.3) is 0 Å². The van der Waals surface area contributed by atoms with E-state index in [9.17, 15) is 10.1 Å². The Morgan fingerprint density at radius 2 is 2.47 bits per heavy atom. The molecule has 0 bridgehead atoms. The molecule has 1 aromatic heterocycles. The quantitative estimate of drug-likeness (QED) is 0.482. The van der Waals surface area contributed by atoms with Crippen molar-refractivity contribution < 1.29 is 9.66 Å². The van der Waals surface area contributed by atoms with Gasteiger partial charge in [-0.1, -0.05) is 0 Å². The number of hydrogen-bond acceptors (Lipinski definition) is 5. The fourth-order valence-electron chi connectivity index (χ4n) is 1.33. The summed E-state index contributed by atoms with van der Waals surface area (Å²) in [7, 11) is 0. The van der Waals surface area contributed by atoms with Crippen molar-refractivity contribution in [2.45, 2.75) is 20.4 Å². The molecule has 1 rings (SSSR count). The fraction of sp³-hybridized carbons (Fsp3) is 0.556. The highest BCUT2D eigenvalue weighted by molar-refractivity contribution is 7.80. The molecule has 1 aromatic rings. The first kappa shape index (κ1) is 13.4. The molecular weight excluding hydrogens is 244 g/mol. The smallest absolute Gasteiger partial charge is 0.342 e. The third-order valence-electron chi connectivity index (χ3n) is 2.10. The normalized spacial score (nSPS) is 10.0. The van der Waals surface area contributed by atoms with Crippen molar-refractivity contribution >= 4 is 23.2 Å². The number of hydrogen-bond donors (Lipinski definition) is 1. The lowest BCUT2D eigenvalue weighted by Crippen LogP contribution is -2.28. The van der Waals surface area contributed by atoms with E-state index in [1.807, 2.05) is 6.92 Å². The van der Waals surface area contributed by atoms with Crippen LogP contribution in [0.15, 0.2) is 6.20 Å². The van der Waals surface area contributed by atoms with Crippen LogP contribution in [-0.4, -0.2) is 32.8 Å². The predicted octanol–water partition coefficient (Wildman–Crippen LogP) is 1.01. The summed E-state index contributed by atoms with van der Waals surface area (Å²) in [5.41, 5.74) is 0. The summed E-state index contributed by atoms with van der Waals surface area (Å²) < 4.78 is 6.55. The maximum atomic E-state index is 10.7. The molecule has 0 aromatic carbocycles. The molecule has 94 valence electrons. The molecule has 0 atom stereocenters. The van der Waals surface area contributed by atoms with Crippen LogP contribution < -0.4 is 5.32 Å². The first-order valence-electron chi connectivity index (χ1n) is 5.13. The molecule has 0 amide bonds. The fourth-order valence-corrected chi connectivity index (χ4v) is 1.55. The Labute approximate surface area is 104 Å². The number of aryl methyl sites for hydroxylation is 1.